The molecule has 1 aromatic heterocycles. The first kappa shape index (κ1) is 11.3. The van der Waals surface area contributed by atoms with Crippen LogP contribution >= 0.6 is 0 Å². The zero-order chi connectivity index (χ0) is 11.1. The Hall–Kier alpha value is -1.78. The fourth-order valence-corrected chi connectivity index (χ4v) is 0.952. The SMILES string of the molecule is CCOC(=O)/C=C/COc1cnn(C)c1. The predicted octanol–water partition coefficient (Wildman–Crippen LogP) is 0.918. The van der Waals surface area contributed by atoms with Gasteiger partial charge in [0.05, 0.1) is 19.0 Å². The minimum Gasteiger partial charge on any atom is -0.486 e. The molecule has 0 atom stereocenters. The summed E-state index contributed by atoms with van der Waals surface area (Å²) in [7, 11) is 1.81. The molecule has 0 aromatic carbocycles. The number of carbonyl (C=O) groups excluding carboxylic acids is 1. The van der Waals surface area contributed by atoms with Gasteiger partial charge >= 0.3 is 5.97 Å². The monoisotopic (exact) mass is 210 g/mol. The van der Waals surface area contributed by atoms with Crippen LogP contribution in [0.25, 0.3) is 0 Å². The highest BCUT2D eigenvalue weighted by Gasteiger charge is 1.95. The Balaban J connectivity index is 2.24. The third-order valence-corrected chi connectivity index (χ3v) is 1.57. The molecule has 5 nitrogen and oxygen atoms in total. The maximum absolute atomic E-state index is 10.9. The lowest BCUT2D eigenvalue weighted by Gasteiger charge is -1.97. The van der Waals surface area contributed by atoms with Crippen molar-refractivity contribution in [2.75, 3.05) is 13.2 Å². The van der Waals surface area contributed by atoms with Crippen molar-refractivity contribution in [3.05, 3.63) is 24.5 Å². The normalized spacial score (nSPS) is 10.5. The van der Waals surface area contributed by atoms with Crippen molar-refractivity contribution >= 4 is 5.97 Å². The first-order valence-corrected chi connectivity index (χ1v) is 4.67. The molecule has 0 aliphatic heterocycles. The molecule has 1 aromatic rings. The molecule has 0 amide bonds. The second-order valence-corrected chi connectivity index (χ2v) is 2.82. The Bertz CT molecular complexity index is 344. The fourth-order valence-electron chi connectivity index (χ4n) is 0.952. The second kappa shape index (κ2) is 5.85. The summed E-state index contributed by atoms with van der Waals surface area (Å²) in [4.78, 5) is 10.9. The number of hydrogen-bond donors (Lipinski definition) is 0. The van der Waals surface area contributed by atoms with E-state index in [4.69, 9.17) is 9.47 Å². The van der Waals surface area contributed by atoms with Gasteiger partial charge in [-0.2, -0.15) is 5.10 Å². The summed E-state index contributed by atoms with van der Waals surface area (Å²) in [5, 5.41) is 3.94. The number of rotatable bonds is 5. The Morgan fingerprint density at radius 3 is 3.07 bits per heavy atom. The van der Waals surface area contributed by atoms with Crippen LogP contribution in [-0.4, -0.2) is 29.0 Å². The zero-order valence-electron chi connectivity index (χ0n) is 8.84. The predicted molar refractivity (Wildman–Crippen MR) is 54.5 cm³/mol. The van der Waals surface area contributed by atoms with Crippen molar-refractivity contribution in [3.63, 3.8) is 0 Å². The van der Waals surface area contributed by atoms with Gasteiger partial charge in [-0.05, 0) is 13.0 Å². The van der Waals surface area contributed by atoms with Gasteiger partial charge in [0.15, 0.2) is 5.75 Å². The molecule has 0 aliphatic carbocycles. The van der Waals surface area contributed by atoms with Crippen LogP contribution in [0.3, 0.4) is 0 Å². The highest BCUT2D eigenvalue weighted by molar-refractivity contribution is 5.81. The summed E-state index contributed by atoms with van der Waals surface area (Å²) in [6, 6.07) is 0. The number of ether oxygens (including phenoxy) is 2. The third-order valence-electron chi connectivity index (χ3n) is 1.57. The van der Waals surface area contributed by atoms with Crippen LogP contribution < -0.4 is 4.74 Å². The molecular weight excluding hydrogens is 196 g/mol. The highest BCUT2D eigenvalue weighted by Crippen LogP contribution is 2.06. The van der Waals surface area contributed by atoms with Crippen LogP contribution in [-0.2, 0) is 16.6 Å². The molecule has 0 aliphatic rings. The molecule has 0 saturated carbocycles. The van der Waals surface area contributed by atoms with Crippen molar-refractivity contribution in [1.29, 1.82) is 0 Å². The molecular formula is C10H14N2O3. The highest BCUT2D eigenvalue weighted by atomic mass is 16.5. The van der Waals surface area contributed by atoms with E-state index in [1.807, 2.05) is 0 Å². The van der Waals surface area contributed by atoms with Gasteiger partial charge < -0.3 is 9.47 Å². The summed E-state index contributed by atoms with van der Waals surface area (Å²) in [5.41, 5.74) is 0. The zero-order valence-corrected chi connectivity index (χ0v) is 8.84. The van der Waals surface area contributed by atoms with Crippen molar-refractivity contribution in [1.82, 2.24) is 9.78 Å². The number of nitrogens with zero attached hydrogens (tertiary/aromatic N) is 2. The van der Waals surface area contributed by atoms with E-state index < -0.39 is 0 Å². The van der Waals surface area contributed by atoms with Crippen molar-refractivity contribution in [3.8, 4) is 5.75 Å². The number of esters is 1. The Morgan fingerprint density at radius 1 is 1.67 bits per heavy atom. The number of hydrogen-bond acceptors (Lipinski definition) is 4. The average Bonchev–Trinajstić information content (AvgIpc) is 2.60. The van der Waals surface area contributed by atoms with Crippen molar-refractivity contribution in [2.24, 2.45) is 7.05 Å². The number of carbonyl (C=O) groups is 1. The van der Waals surface area contributed by atoms with E-state index in [0.29, 0.717) is 19.0 Å². The summed E-state index contributed by atoms with van der Waals surface area (Å²) in [5.74, 6) is 0.318. The molecule has 0 radical (unpaired) electrons. The smallest absolute Gasteiger partial charge is 0.330 e. The van der Waals surface area contributed by atoms with Crippen LogP contribution in [0.1, 0.15) is 6.92 Å². The molecule has 0 fully saturated rings. The minimum absolute atomic E-state index is 0.324. The van der Waals surface area contributed by atoms with E-state index >= 15 is 0 Å². The average molecular weight is 210 g/mol. The van der Waals surface area contributed by atoms with Crippen LogP contribution in [0.2, 0.25) is 0 Å². The van der Waals surface area contributed by atoms with Gasteiger partial charge in [-0.3, -0.25) is 4.68 Å². The molecule has 0 bridgehead atoms. The van der Waals surface area contributed by atoms with E-state index in [2.05, 4.69) is 5.10 Å². The van der Waals surface area contributed by atoms with Gasteiger partial charge in [0.2, 0.25) is 0 Å². The van der Waals surface area contributed by atoms with Crippen LogP contribution in [0, 0.1) is 0 Å². The fraction of sp³-hybridized carbons (Fsp3) is 0.400. The first-order valence-electron chi connectivity index (χ1n) is 4.67. The van der Waals surface area contributed by atoms with E-state index in [9.17, 15) is 4.79 Å². The van der Waals surface area contributed by atoms with Crippen LogP contribution in [0.15, 0.2) is 24.5 Å². The van der Waals surface area contributed by atoms with Gasteiger partial charge in [-0.25, -0.2) is 4.79 Å². The van der Waals surface area contributed by atoms with Gasteiger partial charge in [-0.15, -0.1) is 0 Å². The van der Waals surface area contributed by atoms with E-state index in [1.165, 1.54) is 6.08 Å². The Labute approximate surface area is 88.3 Å². The molecule has 15 heavy (non-hydrogen) atoms. The van der Waals surface area contributed by atoms with E-state index in [-0.39, 0.29) is 5.97 Å². The molecule has 1 heterocycles. The largest absolute Gasteiger partial charge is 0.486 e. The number of aryl methyl sites for hydroxylation is 1. The summed E-state index contributed by atoms with van der Waals surface area (Å²) >= 11 is 0. The molecule has 82 valence electrons. The summed E-state index contributed by atoms with van der Waals surface area (Å²) in [6.07, 6.45) is 6.31. The van der Waals surface area contributed by atoms with Crippen LogP contribution in [0.4, 0.5) is 0 Å². The number of aromatic nitrogens is 2. The maximum atomic E-state index is 10.9. The van der Waals surface area contributed by atoms with E-state index in [1.54, 1.807) is 37.1 Å². The Morgan fingerprint density at radius 2 is 2.47 bits per heavy atom. The summed E-state index contributed by atoms with van der Waals surface area (Å²) < 4.78 is 11.6. The van der Waals surface area contributed by atoms with Gasteiger partial charge in [-0.1, -0.05) is 0 Å². The molecule has 1 rings (SSSR count). The van der Waals surface area contributed by atoms with Crippen molar-refractivity contribution < 1.29 is 14.3 Å². The Kier molecular flexibility index (Phi) is 4.40. The maximum Gasteiger partial charge on any atom is 0.330 e. The van der Waals surface area contributed by atoms with Gasteiger partial charge in [0, 0.05) is 13.1 Å². The summed E-state index contributed by atoms with van der Waals surface area (Å²) in [6.45, 7) is 2.47. The quantitative estimate of drug-likeness (QED) is 0.535. The second-order valence-electron chi connectivity index (χ2n) is 2.82. The van der Waals surface area contributed by atoms with Gasteiger partial charge in [0.1, 0.15) is 6.61 Å². The van der Waals surface area contributed by atoms with Crippen molar-refractivity contribution in [2.45, 2.75) is 6.92 Å². The van der Waals surface area contributed by atoms with E-state index in [0.717, 1.165) is 0 Å². The molecule has 0 N–H and O–H groups in total. The molecule has 0 unspecified atom stereocenters. The third kappa shape index (κ3) is 4.30. The lowest BCUT2D eigenvalue weighted by atomic mass is 10.5. The lowest BCUT2D eigenvalue weighted by Crippen LogP contribution is -2.00. The minimum atomic E-state index is -0.354. The topological polar surface area (TPSA) is 53.4 Å². The molecule has 0 spiro atoms. The standard InChI is InChI=1S/C10H14N2O3/c1-3-14-10(13)5-4-6-15-9-7-11-12(2)8-9/h4-5,7-8H,3,6H2,1-2H3/b5-4+. The first-order chi connectivity index (χ1) is 7.22. The van der Waals surface area contributed by atoms with Gasteiger partial charge in [0.25, 0.3) is 0 Å². The van der Waals surface area contributed by atoms with Crippen LogP contribution in [0.5, 0.6) is 5.75 Å². The molecule has 0 saturated heterocycles. The molecule has 5 heteroatoms. The lowest BCUT2D eigenvalue weighted by molar-refractivity contribution is -0.137.